The van der Waals surface area contributed by atoms with Crippen molar-refractivity contribution in [3.8, 4) is 0 Å². The minimum absolute atomic E-state index is 0.0968. The van der Waals surface area contributed by atoms with Crippen molar-refractivity contribution in [2.45, 2.75) is 136 Å². The molecule has 1 aliphatic rings. The van der Waals surface area contributed by atoms with Crippen molar-refractivity contribution < 1.29 is 48.7 Å². The number of ketones is 2. The van der Waals surface area contributed by atoms with E-state index in [1.807, 2.05) is 6.92 Å². The average Bonchev–Trinajstić information content (AvgIpc) is 3.21. The summed E-state index contributed by atoms with van der Waals surface area (Å²) in [6, 6.07) is 0. The van der Waals surface area contributed by atoms with Crippen LogP contribution in [0.15, 0.2) is 0 Å². The molecule has 10 nitrogen and oxygen atoms in total. The normalized spacial score (nSPS) is 24.8. The van der Waals surface area contributed by atoms with Gasteiger partial charge in [0.2, 0.25) is 0 Å². The molecule has 3 N–H and O–H groups in total. The zero-order valence-corrected chi connectivity index (χ0v) is 26.1. The molecule has 0 amide bonds. The minimum atomic E-state index is -2.12. The molecule has 1 rings (SSSR count). The number of carbonyl (C=O) groups excluding carboxylic acids is 4. The molecule has 0 bridgehead atoms. The van der Waals surface area contributed by atoms with Crippen LogP contribution in [-0.4, -0.2) is 82.1 Å². The van der Waals surface area contributed by atoms with Gasteiger partial charge in [-0.1, -0.05) is 48.5 Å². The second-order valence-corrected chi connectivity index (χ2v) is 13.7. The third kappa shape index (κ3) is 9.06. The van der Waals surface area contributed by atoms with E-state index in [4.69, 9.17) is 14.2 Å². The van der Waals surface area contributed by atoms with E-state index in [1.54, 1.807) is 48.5 Å². The molecule has 232 valence electrons. The zero-order valence-electron chi connectivity index (χ0n) is 26.1. The fourth-order valence-corrected chi connectivity index (χ4v) is 5.48. The number of ether oxygens (including phenoxy) is 3. The van der Waals surface area contributed by atoms with Gasteiger partial charge in [-0.15, -0.1) is 0 Å². The standard InChI is InChI=1S/C30H52O10/c1-19(2)23(34)20(31)11-12-29(37,17-21(32)38-9)25(36)27(6,7)13-14-28(8)15-16-30(40-28,18-22(33)39-10)24(35)26(3,4)5/h19-20,23,31,34,37H,11-18H2,1-10H3. The molecule has 1 aliphatic heterocycles. The average molecular weight is 573 g/mol. The van der Waals surface area contributed by atoms with E-state index in [9.17, 15) is 34.5 Å². The van der Waals surface area contributed by atoms with Crippen molar-refractivity contribution >= 4 is 23.5 Å². The van der Waals surface area contributed by atoms with Gasteiger partial charge < -0.3 is 29.5 Å². The van der Waals surface area contributed by atoms with Crippen molar-refractivity contribution in [1.29, 1.82) is 0 Å². The van der Waals surface area contributed by atoms with Gasteiger partial charge in [0, 0.05) is 10.8 Å². The van der Waals surface area contributed by atoms with Crippen LogP contribution >= 0.6 is 0 Å². The van der Waals surface area contributed by atoms with Crippen LogP contribution in [-0.2, 0) is 33.4 Å². The number of rotatable bonds is 15. The van der Waals surface area contributed by atoms with Crippen LogP contribution in [0.2, 0.25) is 0 Å². The third-order valence-corrected chi connectivity index (χ3v) is 8.16. The highest BCUT2D eigenvalue weighted by molar-refractivity contribution is 5.96. The number of methoxy groups -OCH3 is 2. The number of esters is 2. The van der Waals surface area contributed by atoms with Gasteiger partial charge >= 0.3 is 11.9 Å². The molecule has 0 radical (unpaired) electrons. The Kier molecular flexibility index (Phi) is 12.1. The fraction of sp³-hybridized carbons (Fsp3) is 0.867. The van der Waals surface area contributed by atoms with Crippen LogP contribution in [0.3, 0.4) is 0 Å². The van der Waals surface area contributed by atoms with Crippen LogP contribution in [0, 0.1) is 16.7 Å². The Labute approximate surface area is 239 Å². The molecular weight excluding hydrogens is 520 g/mol. The number of aliphatic hydroxyl groups is 3. The van der Waals surface area contributed by atoms with Crippen LogP contribution in [0.4, 0.5) is 0 Å². The molecule has 10 heteroatoms. The Hall–Kier alpha value is -1.88. The molecule has 0 spiro atoms. The lowest BCUT2D eigenvalue weighted by atomic mass is 9.71. The van der Waals surface area contributed by atoms with E-state index in [2.05, 4.69) is 0 Å². The number of aliphatic hydroxyl groups excluding tert-OH is 2. The molecular formula is C30H52O10. The lowest BCUT2D eigenvalue weighted by Crippen LogP contribution is -2.50. The van der Waals surface area contributed by atoms with Gasteiger partial charge in [0.05, 0.1) is 44.9 Å². The van der Waals surface area contributed by atoms with E-state index >= 15 is 0 Å². The van der Waals surface area contributed by atoms with Gasteiger partial charge in [-0.05, 0) is 51.4 Å². The number of Topliss-reactive ketones (excluding diaryl/α,β-unsaturated/α-hetero) is 2. The molecule has 1 fully saturated rings. The summed E-state index contributed by atoms with van der Waals surface area (Å²) in [7, 11) is 2.42. The number of carbonyl (C=O) groups is 4. The summed E-state index contributed by atoms with van der Waals surface area (Å²) < 4.78 is 16.0. The van der Waals surface area contributed by atoms with Gasteiger partial charge in [0.25, 0.3) is 0 Å². The van der Waals surface area contributed by atoms with Crippen LogP contribution in [0.25, 0.3) is 0 Å². The van der Waals surface area contributed by atoms with Crippen LogP contribution in [0.1, 0.15) is 107 Å². The van der Waals surface area contributed by atoms with E-state index in [0.29, 0.717) is 19.3 Å². The second kappa shape index (κ2) is 13.4. The third-order valence-electron chi connectivity index (χ3n) is 8.16. The van der Waals surface area contributed by atoms with E-state index < -0.39 is 64.0 Å². The predicted molar refractivity (Wildman–Crippen MR) is 148 cm³/mol. The molecule has 0 aliphatic carbocycles. The quantitative estimate of drug-likeness (QED) is 0.249. The smallest absolute Gasteiger partial charge is 0.308 e. The summed E-state index contributed by atoms with van der Waals surface area (Å²) in [5.74, 6) is -2.34. The molecule has 5 unspecified atom stereocenters. The zero-order chi connectivity index (χ0) is 31.3. The molecule has 5 atom stereocenters. The highest BCUT2D eigenvalue weighted by Crippen LogP contribution is 2.47. The predicted octanol–water partition coefficient (Wildman–Crippen LogP) is 3.30. The fourth-order valence-electron chi connectivity index (χ4n) is 5.48. The Morgan fingerprint density at radius 1 is 0.925 bits per heavy atom. The molecule has 1 heterocycles. The first-order valence-electron chi connectivity index (χ1n) is 14.1. The first kappa shape index (κ1) is 36.1. The monoisotopic (exact) mass is 572 g/mol. The topological polar surface area (TPSA) is 157 Å². The SMILES string of the molecule is COC(=O)CC(O)(CCC(O)C(O)C(C)C)C(=O)C(C)(C)CCC1(C)CCC(CC(=O)OC)(C(=O)C(C)(C)C)O1. The number of hydrogen-bond donors (Lipinski definition) is 3. The van der Waals surface area contributed by atoms with Crippen molar-refractivity contribution in [1.82, 2.24) is 0 Å². The van der Waals surface area contributed by atoms with Crippen molar-refractivity contribution in [2.75, 3.05) is 14.2 Å². The largest absolute Gasteiger partial charge is 0.469 e. The second-order valence-electron chi connectivity index (χ2n) is 13.7. The number of hydrogen-bond acceptors (Lipinski definition) is 10. The highest BCUT2D eigenvalue weighted by atomic mass is 16.5. The molecule has 0 aromatic carbocycles. The van der Waals surface area contributed by atoms with Gasteiger partial charge in [-0.3, -0.25) is 19.2 Å². The van der Waals surface area contributed by atoms with E-state index in [-0.39, 0.29) is 37.4 Å². The molecule has 1 saturated heterocycles. The highest BCUT2D eigenvalue weighted by Gasteiger charge is 2.56. The van der Waals surface area contributed by atoms with Gasteiger partial charge in [0.1, 0.15) is 11.2 Å². The minimum Gasteiger partial charge on any atom is -0.469 e. The lowest BCUT2D eigenvalue weighted by molar-refractivity contribution is -0.171. The Balaban J connectivity index is 3.15. The maximum absolute atomic E-state index is 13.8. The van der Waals surface area contributed by atoms with Crippen molar-refractivity contribution in [3.05, 3.63) is 0 Å². The van der Waals surface area contributed by atoms with Crippen LogP contribution in [0.5, 0.6) is 0 Å². The lowest BCUT2D eigenvalue weighted by Gasteiger charge is -2.38. The summed E-state index contributed by atoms with van der Waals surface area (Å²) in [5.41, 5.74) is -6.18. The summed E-state index contributed by atoms with van der Waals surface area (Å²) in [5, 5.41) is 32.0. The first-order valence-corrected chi connectivity index (χ1v) is 14.1. The summed E-state index contributed by atoms with van der Waals surface area (Å²) in [4.78, 5) is 51.6. The maximum Gasteiger partial charge on any atom is 0.308 e. The molecule has 0 aromatic rings. The Morgan fingerprint density at radius 3 is 1.95 bits per heavy atom. The van der Waals surface area contributed by atoms with E-state index in [1.165, 1.54) is 7.11 Å². The van der Waals surface area contributed by atoms with Crippen LogP contribution < -0.4 is 0 Å². The first-order chi connectivity index (χ1) is 18.1. The van der Waals surface area contributed by atoms with Crippen molar-refractivity contribution in [2.24, 2.45) is 16.7 Å². The Bertz CT molecular complexity index is 920. The van der Waals surface area contributed by atoms with Gasteiger partial charge in [-0.2, -0.15) is 0 Å². The molecule has 0 saturated carbocycles. The Morgan fingerprint density at radius 2 is 1.48 bits per heavy atom. The molecule has 0 aromatic heterocycles. The van der Waals surface area contributed by atoms with Crippen molar-refractivity contribution in [3.63, 3.8) is 0 Å². The van der Waals surface area contributed by atoms with Gasteiger partial charge in [0.15, 0.2) is 11.6 Å². The summed E-state index contributed by atoms with van der Waals surface area (Å²) in [6.45, 7) is 14.0. The van der Waals surface area contributed by atoms with E-state index in [0.717, 1.165) is 7.11 Å². The van der Waals surface area contributed by atoms with Gasteiger partial charge in [-0.25, -0.2) is 0 Å². The molecule has 40 heavy (non-hydrogen) atoms. The summed E-state index contributed by atoms with van der Waals surface area (Å²) >= 11 is 0. The summed E-state index contributed by atoms with van der Waals surface area (Å²) in [6.07, 6.45) is -1.98. The maximum atomic E-state index is 13.8.